The lowest BCUT2D eigenvalue weighted by Gasteiger charge is -1.99. The van der Waals surface area contributed by atoms with Crippen LogP contribution in [0.5, 0.6) is 0 Å². The zero-order valence-corrected chi connectivity index (χ0v) is 7.70. The molecule has 0 amide bonds. The molecule has 1 rings (SSSR count). The molecule has 0 aromatic carbocycles. The number of carbonyl (C=O) groups excluding carboxylic acids is 1. The second-order valence-corrected chi connectivity index (χ2v) is 2.56. The highest BCUT2D eigenvalue weighted by Gasteiger charge is 2.03. The molecule has 13 heavy (non-hydrogen) atoms. The van der Waals surface area contributed by atoms with Crippen LogP contribution in [0.2, 0.25) is 0 Å². The monoisotopic (exact) mass is 180 g/mol. The van der Waals surface area contributed by atoms with E-state index in [2.05, 4.69) is 10.2 Å². The minimum atomic E-state index is -0.294. The van der Waals surface area contributed by atoms with Gasteiger partial charge in [-0.25, -0.2) is 4.79 Å². The maximum atomic E-state index is 11.1. The Kier molecular flexibility index (Phi) is 3.25. The Morgan fingerprint density at radius 3 is 3.08 bits per heavy atom. The molecule has 1 aromatic heterocycles. The predicted octanol–water partition coefficient (Wildman–Crippen LogP) is 1.38. The van der Waals surface area contributed by atoms with Crippen molar-refractivity contribution < 1.29 is 9.53 Å². The van der Waals surface area contributed by atoms with Crippen molar-refractivity contribution in [3.05, 3.63) is 23.5 Å². The fraction of sp³-hybridized carbons (Fsp3) is 0.333. The first-order chi connectivity index (χ1) is 6.24. The van der Waals surface area contributed by atoms with Crippen molar-refractivity contribution in [2.75, 3.05) is 6.61 Å². The van der Waals surface area contributed by atoms with Crippen LogP contribution in [0.15, 0.2) is 17.8 Å². The number of nitrogens with zero attached hydrogens (tertiary/aromatic N) is 1. The molecule has 4 heteroatoms. The first kappa shape index (κ1) is 9.51. The highest BCUT2D eigenvalue weighted by atomic mass is 16.5. The van der Waals surface area contributed by atoms with Gasteiger partial charge in [0.05, 0.1) is 12.3 Å². The van der Waals surface area contributed by atoms with Crippen LogP contribution in [0.3, 0.4) is 0 Å². The van der Waals surface area contributed by atoms with E-state index in [1.165, 1.54) is 0 Å². The van der Waals surface area contributed by atoms with Crippen molar-refractivity contribution in [3.63, 3.8) is 0 Å². The highest BCUT2D eigenvalue weighted by molar-refractivity contribution is 5.92. The number of carbonyl (C=O) groups is 1. The lowest BCUT2D eigenvalue weighted by Crippen LogP contribution is -2.04. The average molecular weight is 180 g/mol. The number of esters is 1. The smallest absolute Gasteiger partial charge is 0.333 e. The van der Waals surface area contributed by atoms with E-state index in [0.717, 1.165) is 5.69 Å². The molecule has 0 saturated carbocycles. The van der Waals surface area contributed by atoms with E-state index in [4.69, 9.17) is 4.74 Å². The Balaban J connectivity index is 2.66. The summed E-state index contributed by atoms with van der Waals surface area (Å²) in [5.74, 6) is -0.294. The molecule has 70 valence electrons. The first-order valence-electron chi connectivity index (χ1n) is 4.09. The SMILES string of the molecule is CCOC(=O)C(C)=Cc1ccn[nH]1. The standard InChI is InChI=1S/C9H12N2O2/c1-3-13-9(12)7(2)6-8-4-5-10-11-8/h4-6H,3H2,1-2H3,(H,10,11). The zero-order chi connectivity index (χ0) is 9.68. The van der Waals surface area contributed by atoms with Crippen LogP contribution in [0.4, 0.5) is 0 Å². The summed E-state index contributed by atoms with van der Waals surface area (Å²) in [6.45, 7) is 3.88. The number of aromatic amines is 1. The fourth-order valence-electron chi connectivity index (χ4n) is 0.884. The third kappa shape index (κ3) is 2.74. The largest absolute Gasteiger partial charge is 0.463 e. The Labute approximate surface area is 76.6 Å². The van der Waals surface area contributed by atoms with Crippen molar-refractivity contribution in [1.29, 1.82) is 0 Å². The summed E-state index contributed by atoms with van der Waals surface area (Å²) >= 11 is 0. The van der Waals surface area contributed by atoms with Crippen LogP contribution in [-0.4, -0.2) is 22.8 Å². The molecule has 0 bridgehead atoms. The van der Waals surface area contributed by atoms with Crippen molar-refractivity contribution in [2.45, 2.75) is 13.8 Å². The van der Waals surface area contributed by atoms with Crippen molar-refractivity contribution in [3.8, 4) is 0 Å². The Hall–Kier alpha value is -1.58. The lowest BCUT2D eigenvalue weighted by atomic mass is 10.2. The summed E-state index contributed by atoms with van der Waals surface area (Å²) in [6, 6.07) is 1.78. The van der Waals surface area contributed by atoms with Gasteiger partial charge in [0.1, 0.15) is 0 Å². The maximum Gasteiger partial charge on any atom is 0.333 e. The van der Waals surface area contributed by atoms with E-state index in [-0.39, 0.29) is 5.97 Å². The summed E-state index contributed by atoms with van der Waals surface area (Å²) in [4.78, 5) is 11.1. The molecule has 1 aromatic rings. The number of aromatic nitrogens is 2. The van der Waals surface area contributed by atoms with Crippen LogP contribution in [-0.2, 0) is 9.53 Å². The number of ether oxygens (including phenoxy) is 1. The van der Waals surface area contributed by atoms with Gasteiger partial charge in [0, 0.05) is 11.8 Å². The molecule has 0 aliphatic rings. The Morgan fingerprint density at radius 1 is 1.77 bits per heavy atom. The lowest BCUT2D eigenvalue weighted by molar-refractivity contribution is -0.138. The maximum absolute atomic E-state index is 11.1. The van der Waals surface area contributed by atoms with Gasteiger partial charge >= 0.3 is 5.97 Å². The topological polar surface area (TPSA) is 55.0 Å². The number of rotatable bonds is 3. The summed E-state index contributed by atoms with van der Waals surface area (Å²) in [6.07, 6.45) is 3.33. The molecule has 0 spiro atoms. The molecular formula is C9H12N2O2. The molecule has 0 aliphatic heterocycles. The second kappa shape index (κ2) is 4.45. The fourth-order valence-corrected chi connectivity index (χ4v) is 0.884. The predicted molar refractivity (Wildman–Crippen MR) is 48.9 cm³/mol. The third-order valence-electron chi connectivity index (χ3n) is 1.49. The van der Waals surface area contributed by atoms with E-state index < -0.39 is 0 Å². The molecule has 0 aliphatic carbocycles. The molecule has 1 N–H and O–H groups in total. The van der Waals surface area contributed by atoms with Crippen LogP contribution < -0.4 is 0 Å². The van der Waals surface area contributed by atoms with Gasteiger partial charge in [-0.15, -0.1) is 0 Å². The van der Waals surface area contributed by atoms with E-state index in [0.29, 0.717) is 12.2 Å². The van der Waals surface area contributed by atoms with Gasteiger partial charge in [0.15, 0.2) is 0 Å². The molecule has 4 nitrogen and oxygen atoms in total. The third-order valence-corrected chi connectivity index (χ3v) is 1.49. The van der Waals surface area contributed by atoms with E-state index in [1.54, 1.807) is 32.2 Å². The van der Waals surface area contributed by atoms with E-state index in [1.807, 2.05) is 0 Å². The number of hydrogen-bond acceptors (Lipinski definition) is 3. The highest BCUT2D eigenvalue weighted by Crippen LogP contribution is 2.03. The Bertz CT molecular complexity index is 301. The van der Waals surface area contributed by atoms with Crippen molar-refractivity contribution >= 4 is 12.0 Å². The van der Waals surface area contributed by atoms with Gasteiger partial charge in [-0.1, -0.05) is 0 Å². The molecule has 0 atom stereocenters. The number of hydrogen-bond donors (Lipinski definition) is 1. The van der Waals surface area contributed by atoms with Crippen LogP contribution >= 0.6 is 0 Å². The summed E-state index contributed by atoms with van der Waals surface area (Å²) in [7, 11) is 0. The molecule has 1 heterocycles. The quantitative estimate of drug-likeness (QED) is 0.564. The average Bonchev–Trinajstić information content (AvgIpc) is 2.57. The molecule has 0 radical (unpaired) electrons. The molecule has 0 saturated heterocycles. The van der Waals surface area contributed by atoms with Crippen LogP contribution in [0, 0.1) is 0 Å². The van der Waals surface area contributed by atoms with Gasteiger partial charge in [0.25, 0.3) is 0 Å². The minimum absolute atomic E-state index is 0.294. The van der Waals surface area contributed by atoms with Gasteiger partial charge in [-0.05, 0) is 26.0 Å². The van der Waals surface area contributed by atoms with Gasteiger partial charge in [0.2, 0.25) is 0 Å². The summed E-state index contributed by atoms with van der Waals surface area (Å²) in [5, 5.41) is 6.49. The summed E-state index contributed by atoms with van der Waals surface area (Å²) in [5.41, 5.74) is 1.36. The van der Waals surface area contributed by atoms with E-state index >= 15 is 0 Å². The van der Waals surface area contributed by atoms with Gasteiger partial charge in [-0.2, -0.15) is 5.10 Å². The van der Waals surface area contributed by atoms with Crippen molar-refractivity contribution in [1.82, 2.24) is 10.2 Å². The number of nitrogens with one attached hydrogen (secondary N) is 1. The van der Waals surface area contributed by atoms with Crippen molar-refractivity contribution in [2.24, 2.45) is 0 Å². The van der Waals surface area contributed by atoms with E-state index in [9.17, 15) is 4.79 Å². The van der Waals surface area contributed by atoms with Gasteiger partial charge in [-0.3, -0.25) is 5.10 Å². The molecule has 0 unspecified atom stereocenters. The Morgan fingerprint density at radius 2 is 2.54 bits per heavy atom. The normalized spacial score (nSPS) is 11.4. The summed E-state index contributed by atoms with van der Waals surface area (Å²) < 4.78 is 4.81. The van der Waals surface area contributed by atoms with Crippen LogP contribution in [0.1, 0.15) is 19.5 Å². The minimum Gasteiger partial charge on any atom is -0.463 e. The van der Waals surface area contributed by atoms with Crippen LogP contribution in [0.25, 0.3) is 6.08 Å². The zero-order valence-electron chi connectivity index (χ0n) is 7.70. The van der Waals surface area contributed by atoms with Gasteiger partial charge < -0.3 is 4.74 Å². The molecule has 0 fully saturated rings. The number of H-pyrrole nitrogens is 1. The molecular weight excluding hydrogens is 168 g/mol. The second-order valence-electron chi connectivity index (χ2n) is 2.56. The first-order valence-corrected chi connectivity index (χ1v) is 4.09.